The van der Waals surface area contributed by atoms with Crippen LogP contribution in [0.4, 0.5) is 5.69 Å². The van der Waals surface area contributed by atoms with Crippen LogP contribution in [0.5, 0.6) is 11.5 Å². The number of nitrogens with zero attached hydrogens (tertiary/aromatic N) is 4. The van der Waals surface area contributed by atoms with E-state index in [1.807, 2.05) is 36.2 Å². The third-order valence-electron chi connectivity index (χ3n) is 5.88. The smallest absolute Gasteiger partial charge is 0.349 e. The molecule has 37 heavy (non-hydrogen) atoms. The van der Waals surface area contributed by atoms with E-state index in [-0.39, 0.29) is 27.4 Å². The molecule has 0 saturated heterocycles. The second-order valence-electron chi connectivity index (χ2n) is 8.33. The highest BCUT2D eigenvalue weighted by Crippen LogP contribution is 2.39. The van der Waals surface area contributed by atoms with Gasteiger partial charge in [-0.05, 0) is 61.4 Å². The number of rotatable bonds is 4. The molecule has 184 valence electrons. The SMILES string of the molecule is Cc1ccc(N2CCc3cc(Oc4c(Cl)cc(-n5nc(C#N)c(=O)[nH]c5=O)cc4Cl)ccc3C2=O)cc1. The van der Waals surface area contributed by atoms with E-state index in [0.29, 0.717) is 24.3 Å². The van der Waals surface area contributed by atoms with Crippen LogP contribution < -0.4 is 20.9 Å². The quantitative estimate of drug-likeness (QED) is 0.414. The summed E-state index contributed by atoms with van der Waals surface area (Å²) in [4.78, 5) is 40.7. The van der Waals surface area contributed by atoms with Crippen LogP contribution in [0.2, 0.25) is 10.0 Å². The van der Waals surface area contributed by atoms with E-state index < -0.39 is 16.9 Å². The molecule has 0 atom stereocenters. The second-order valence-corrected chi connectivity index (χ2v) is 9.15. The van der Waals surface area contributed by atoms with Gasteiger partial charge in [-0.15, -0.1) is 5.10 Å². The molecule has 1 aromatic heterocycles. The Labute approximate surface area is 220 Å². The van der Waals surface area contributed by atoms with E-state index in [0.717, 1.165) is 21.5 Å². The van der Waals surface area contributed by atoms with Crippen LogP contribution >= 0.6 is 23.2 Å². The summed E-state index contributed by atoms with van der Waals surface area (Å²) in [5, 5.41) is 12.9. The van der Waals surface area contributed by atoms with E-state index in [1.54, 1.807) is 29.2 Å². The molecule has 0 spiro atoms. The second kappa shape index (κ2) is 9.58. The number of carbonyl (C=O) groups excluding carboxylic acids is 1. The molecule has 1 aliphatic heterocycles. The van der Waals surface area contributed by atoms with Gasteiger partial charge >= 0.3 is 5.69 Å². The summed E-state index contributed by atoms with van der Waals surface area (Å²) in [6.45, 7) is 2.52. The molecular weight excluding hydrogens is 517 g/mol. The summed E-state index contributed by atoms with van der Waals surface area (Å²) in [7, 11) is 0. The fourth-order valence-corrected chi connectivity index (χ4v) is 4.58. The van der Waals surface area contributed by atoms with Gasteiger partial charge in [0.15, 0.2) is 5.75 Å². The number of fused-ring (bicyclic) bond motifs is 1. The number of aromatic amines is 1. The molecule has 1 amide bonds. The first-order chi connectivity index (χ1) is 17.7. The standard InChI is InChI=1S/C26H17Cl2N5O4/c1-14-2-4-16(5-3-14)32-9-8-15-10-18(6-7-19(15)25(32)35)37-23-20(27)11-17(12-21(23)28)33-26(36)30-24(34)22(13-29)31-33/h2-7,10-12H,8-9H2,1H3,(H,30,34,36). The summed E-state index contributed by atoms with van der Waals surface area (Å²) >= 11 is 12.8. The lowest BCUT2D eigenvalue weighted by Crippen LogP contribution is -2.37. The first-order valence-corrected chi connectivity index (χ1v) is 11.8. The molecule has 9 nitrogen and oxygen atoms in total. The van der Waals surface area contributed by atoms with E-state index >= 15 is 0 Å². The zero-order chi connectivity index (χ0) is 26.3. The first-order valence-electron chi connectivity index (χ1n) is 11.1. The average molecular weight is 534 g/mol. The molecule has 11 heteroatoms. The highest BCUT2D eigenvalue weighted by molar-refractivity contribution is 6.37. The summed E-state index contributed by atoms with van der Waals surface area (Å²) in [5.74, 6) is 0.471. The van der Waals surface area contributed by atoms with Crippen molar-refractivity contribution in [2.45, 2.75) is 13.3 Å². The number of H-pyrrole nitrogens is 1. The minimum absolute atomic E-state index is 0.0697. The maximum Gasteiger partial charge on any atom is 0.349 e. The number of nitriles is 1. The van der Waals surface area contributed by atoms with Crippen LogP contribution in [0, 0.1) is 18.3 Å². The Kier molecular flexibility index (Phi) is 6.29. The number of halogens is 2. The number of aromatic nitrogens is 3. The summed E-state index contributed by atoms with van der Waals surface area (Å²) < 4.78 is 6.76. The summed E-state index contributed by atoms with van der Waals surface area (Å²) in [6, 6.07) is 17.3. The summed E-state index contributed by atoms with van der Waals surface area (Å²) in [6.07, 6.45) is 0.634. The molecule has 0 bridgehead atoms. The monoisotopic (exact) mass is 533 g/mol. The van der Waals surface area contributed by atoms with Crippen molar-refractivity contribution in [3.8, 4) is 23.3 Å². The predicted octanol–water partition coefficient (Wildman–Crippen LogP) is 4.40. The molecule has 0 unspecified atom stereocenters. The Morgan fingerprint density at radius 1 is 1.00 bits per heavy atom. The molecule has 0 aliphatic carbocycles. The third kappa shape index (κ3) is 4.60. The Bertz CT molecular complexity index is 1700. The van der Waals surface area contributed by atoms with Crippen molar-refractivity contribution in [1.29, 1.82) is 5.26 Å². The first kappa shape index (κ1) is 24.3. The van der Waals surface area contributed by atoms with E-state index in [1.165, 1.54) is 12.1 Å². The van der Waals surface area contributed by atoms with Crippen molar-refractivity contribution in [2.24, 2.45) is 0 Å². The van der Waals surface area contributed by atoms with Crippen molar-refractivity contribution in [1.82, 2.24) is 14.8 Å². The molecule has 1 aliphatic rings. The molecule has 2 heterocycles. The number of hydrogen-bond acceptors (Lipinski definition) is 6. The van der Waals surface area contributed by atoms with E-state index in [4.69, 9.17) is 33.2 Å². The average Bonchev–Trinajstić information content (AvgIpc) is 2.87. The Balaban J connectivity index is 1.42. The Morgan fingerprint density at radius 2 is 1.70 bits per heavy atom. The zero-order valence-electron chi connectivity index (χ0n) is 19.3. The highest BCUT2D eigenvalue weighted by atomic mass is 35.5. The van der Waals surface area contributed by atoms with Crippen molar-refractivity contribution in [3.63, 3.8) is 0 Å². The number of hydrogen-bond donors (Lipinski definition) is 1. The van der Waals surface area contributed by atoms with Crippen LogP contribution in [0.25, 0.3) is 5.69 Å². The molecule has 0 radical (unpaired) electrons. The molecular formula is C26H17Cl2N5O4. The van der Waals surface area contributed by atoms with Gasteiger partial charge in [-0.1, -0.05) is 40.9 Å². The van der Waals surface area contributed by atoms with Gasteiger partial charge < -0.3 is 9.64 Å². The topological polar surface area (TPSA) is 121 Å². The van der Waals surface area contributed by atoms with Gasteiger partial charge in [0.2, 0.25) is 5.69 Å². The lowest BCUT2D eigenvalue weighted by Gasteiger charge is -2.29. The Hall–Kier alpha value is -4.39. The number of carbonyl (C=O) groups is 1. The number of benzene rings is 3. The van der Waals surface area contributed by atoms with Crippen molar-refractivity contribution < 1.29 is 9.53 Å². The van der Waals surface area contributed by atoms with Gasteiger partial charge in [0.05, 0.1) is 15.7 Å². The van der Waals surface area contributed by atoms with Crippen LogP contribution in [0.1, 0.15) is 27.2 Å². The van der Waals surface area contributed by atoms with Gasteiger partial charge in [0, 0.05) is 17.8 Å². The highest BCUT2D eigenvalue weighted by Gasteiger charge is 2.26. The van der Waals surface area contributed by atoms with Crippen LogP contribution in [0.3, 0.4) is 0 Å². The van der Waals surface area contributed by atoms with Crippen molar-refractivity contribution in [3.05, 3.63) is 108 Å². The molecule has 0 fully saturated rings. The third-order valence-corrected chi connectivity index (χ3v) is 6.45. The number of aryl methyl sites for hydroxylation is 1. The maximum absolute atomic E-state index is 13.1. The van der Waals surface area contributed by atoms with Crippen molar-refractivity contribution >= 4 is 34.8 Å². The molecule has 5 rings (SSSR count). The summed E-state index contributed by atoms with van der Waals surface area (Å²) in [5.41, 5.74) is 1.28. The minimum Gasteiger partial charge on any atom is -0.454 e. The van der Waals surface area contributed by atoms with Crippen molar-refractivity contribution in [2.75, 3.05) is 11.4 Å². The van der Waals surface area contributed by atoms with Gasteiger partial charge in [-0.3, -0.25) is 14.6 Å². The van der Waals surface area contributed by atoms with Crippen LogP contribution in [-0.4, -0.2) is 27.2 Å². The fraction of sp³-hybridized carbons (Fsp3) is 0.115. The van der Waals surface area contributed by atoms with Gasteiger partial charge in [0.1, 0.15) is 11.8 Å². The maximum atomic E-state index is 13.1. The van der Waals surface area contributed by atoms with Gasteiger partial charge in [-0.25, -0.2) is 4.79 Å². The Morgan fingerprint density at radius 3 is 2.38 bits per heavy atom. The van der Waals surface area contributed by atoms with Crippen LogP contribution in [0.15, 0.2) is 64.2 Å². The van der Waals surface area contributed by atoms with Gasteiger partial charge in [-0.2, -0.15) is 9.94 Å². The molecule has 3 aromatic carbocycles. The number of ether oxygens (including phenoxy) is 1. The lowest BCUT2D eigenvalue weighted by molar-refractivity contribution is 0.0980. The molecule has 0 saturated carbocycles. The lowest BCUT2D eigenvalue weighted by atomic mass is 9.98. The molecule has 4 aromatic rings. The minimum atomic E-state index is -0.895. The van der Waals surface area contributed by atoms with Gasteiger partial charge in [0.25, 0.3) is 11.5 Å². The predicted molar refractivity (Wildman–Crippen MR) is 138 cm³/mol. The number of nitrogens with one attached hydrogen (secondary N) is 1. The van der Waals surface area contributed by atoms with E-state index in [9.17, 15) is 14.4 Å². The van der Waals surface area contributed by atoms with E-state index in [2.05, 4.69) is 5.10 Å². The normalized spacial score (nSPS) is 12.7. The molecule has 1 N–H and O–H groups in total. The largest absolute Gasteiger partial charge is 0.454 e. The fourth-order valence-electron chi connectivity index (χ4n) is 4.03. The number of anilines is 1. The zero-order valence-corrected chi connectivity index (χ0v) is 20.8. The van der Waals surface area contributed by atoms with Crippen LogP contribution in [-0.2, 0) is 6.42 Å². The number of amides is 1.